The molecule has 0 saturated heterocycles. The Morgan fingerprint density at radius 2 is 1.85 bits per heavy atom. The molecule has 0 fully saturated rings. The summed E-state index contributed by atoms with van der Waals surface area (Å²) in [6, 6.07) is 11.8. The highest BCUT2D eigenvalue weighted by Crippen LogP contribution is 2.48. The van der Waals surface area contributed by atoms with Gasteiger partial charge < -0.3 is 19.1 Å². The Bertz CT molecular complexity index is 952. The lowest BCUT2D eigenvalue weighted by atomic mass is 9.79. The molecule has 6 nitrogen and oxygen atoms in total. The summed E-state index contributed by atoms with van der Waals surface area (Å²) < 4.78 is 17.4. The largest absolute Gasteiger partial charge is 0.454 e. The molecule has 2 aliphatic rings. The number of hydrogen-bond acceptors (Lipinski definition) is 6. The molecule has 0 aromatic heterocycles. The summed E-state index contributed by atoms with van der Waals surface area (Å²) in [6.07, 6.45) is 0. The van der Waals surface area contributed by atoms with Crippen LogP contribution in [0.4, 0.5) is 5.69 Å². The second-order valence-corrected chi connectivity index (χ2v) is 7.25. The number of hydrogen-bond donors (Lipinski definition) is 1. The highest BCUT2D eigenvalue weighted by molar-refractivity contribution is 9.10. The Morgan fingerprint density at radius 1 is 1.12 bits per heavy atom. The Morgan fingerprint density at radius 3 is 2.54 bits per heavy atom. The van der Waals surface area contributed by atoms with Crippen LogP contribution in [-0.4, -0.2) is 26.8 Å². The van der Waals surface area contributed by atoms with Crippen LogP contribution in [-0.2, 0) is 0 Å². The fraction of sp³-hybridized carbons (Fsp3) is 0.263. The second kappa shape index (κ2) is 6.22. The van der Waals surface area contributed by atoms with Gasteiger partial charge in [-0.15, -0.1) is 0 Å². The van der Waals surface area contributed by atoms with Crippen LogP contribution >= 0.6 is 15.9 Å². The van der Waals surface area contributed by atoms with Gasteiger partial charge in [0.2, 0.25) is 12.7 Å². The van der Waals surface area contributed by atoms with Gasteiger partial charge in [0.05, 0.1) is 6.07 Å². The fourth-order valence-electron chi connectivity index (χ4n) is 3.31. The van der Waals surface area contributed by atoms with Crippen LogP contribution in [0.25, 0.3) is 0 Å². The van der Waals surface area contributed by atoms with Gasteiger partial charge >= 0.3 is 0 Å². The molecule has 0 radical (unpaired) electrons. The van der Waals surface area contributed by atoms with Gasteiger partial charge in [-0.05, 0) is 23.8 Å². The number of nitriles is 1. The van der Waals surface area contributed by atoms with Crippen LogP contribution in [0.1, 0.15) is 17.0 Å². The summed E-state index contributed by atoms with van der Waals surface area (Å²) in [4.78, 5) is 1.97. The van der Waals surface area contributed by atoms with Gasteiger partial charge in [0.25, 0.3) is 0 Å². The summed E-state index contributed by atoms with van der Waals surface area (Å²) >= 11 is 3.59. The second-order valence-electron chi connectivity index (χ2n) is 6.39. The van der Waals surface area contributed by atoms with E-state index in [9.17, 15) is 5.26 Å². The molecule has 2 unspecified atom stereocenters. The molecule has 1 N–H and O–H groups in total. The van der Waals surface area contributed by atoms with Crippen molar-refractivity contribution in [2.75, 3.05) is 25.8 Å². The minimum absolute atomic E-state index is 0.0505. The normalized spacial score (nSPS) is 20.2. The summed E-state index contributed by atoms with van der Waals surface area (Å²) in [5.74, 6) is 0.803. The Balaban J connectivity index is 1.90. The lowest BCUT2D eigenvalue weighted by molar-refractivity contribution is 0.174. The van der Waals surface area contributed by atoms with E-state index in [0.29, 0.717) is 17.2 Å². The highest BCUT2D eigenvalue weighted by atomic mass is 79.9. The van der Waals surface area contributed by atoms with Gasteiger partial charge in [0, 0.05) is 41.8 Å². The van der Waals surface area contributed by atoms with Crippen molar-refractivity contribution in [3.05, 3.63) is 45.9 Å². The van der Waals surface area contributed by atoms with Crippen molar-refractivity contribution in [2.45, 2.75) is 5.92 Å². The van der Waals surface area contributed by atoms with Crippen molar-refractivity contribution in [3.63, 3.8) is 0 Å². The first kappa shape index (κ1) is 16.7. The molecule has 2 heterocycles. The van der Waals surface area contributed by atoms with Gasteiger partial charge in [-0.2, -0.15) is 5.26 Å². The maximum Gasteiger partial charge on any atom is 0.231 e. The molecule has 4 rings (SSSR count). The van der Waals surface area contributed by atoms with Crippen molar-refractivity contribution >= 4 is 27.5 Å². The van der Waals surface area contributed by atoms with Crippen molar-refractivity contribution in [1.29, 1.82) is 10.7 Å². The predicted octanol–water partition coefficient (Wildman–Crippen LogP) is 3.89. The number of rotatable bonds is 2. The van der Waals surface area contributed by atoms with Gasteiger partial charge in [-0.25, -0.2) is 0 Å². The van der Waals surface area contributed by atoms with Crippen LogP contribution in [0.3, 0.4) is 0 Å². The van der Waals surface area contributed by atoms with Crippen LogP contribution in [0.5, 0.6) is 17.2 Å². The van der Waals surface area contributed by atoms with Gasteiger partial charge in [-0.3, -0.25) is 5.41 Å². The molecule has 2 atom stereocenters. The number of anilines is 1. The third kappa shape index (κ3) is 2.58. The van der Waals surface area contributed by atoms with E-state index in [1.54, 1.807) is 0 Å². The van der Waals surface area contributed by atoms with Gasteiger partial charge in [-0.1, -0.05) is 22.0 Å². The average molecular weight is 414 g/mol. The summed E-state index contributed by atoms with van der Waals surface area (Å²) in [5, 5.41) is 17.9. The van der Waals surface area contributed by atoms with E-state index in [0.717, 1.165) is 21.3 Å². The highest BCUT2D eigenvalue weighted by Gasteiger charge is 2.38. The lowest BCUT2D eigenvalue weighted by Gasteiger charge is -2.31. The van der Waals surface area contributed by atoms with Crippen molar-refractivity contribution in [1.82, 2.24) is 0 Å². The topological polar surface area (TPSA) is 78.6 Å². The minimum atomic E-state index is -0.718. The zero-order valence-corrected chi connectivity index (χ0v) is 15.8. The maximum atomic E-state index is 9.70. The number of benzene rings is 2. The smallest absolute Gasteiger partial charge is 0.231 e. The zero-order chi connectivity index (χ0) is 18.4. The molecule has 0 saturated carbocycles. The Labute approximate surface area is 159 Å². The molecule has 0 bridgehead atoms. The minimum Gasteiger partial charge on any atom is -0.454 e. The quantitative estimate of drug-likeness (QED) is 0.807. The standard InChI is InChI=1S/C19H16BrN3O3/c1-23(2)10-3-4-11-15(5-10)26-19(22)13(8-21)18(11)12-6-16-17(7-14(12)20)25-9-24-16/h3-7,13,18,22H,9H2,1-2H3. The SMILES string of the molecule is CN(C)c1ccc2c(c1)OC(=N)C(C#N)C2c1cc2c(cc1Br)OCO2. The van der Waals surface area contributed by atoms with Crippen molar-refractivity contribution in [3.8, 4) is 23.3 Å². The molecular formula is C19H16BrN3O3. The number of ether oxygens (including phenoxy) is 3. The maximum absolute atomic E-state index is 9.70. The number of fused-ring (bicyclic) bond motifs is 2. The molecule has 2 aromatic carbocycles. The van der Waals surface area contributed by atoms with Crippen molar-refractivity contribution < 1.29 is 14.2 Å². The predicted molar refractivity (Wildman–Crippen MR) is 100 cm³/mol. The van der Waals surface area contributed by atoms with E-state index in [2.05, 4.69) is 22.0 Å². The van der Waals surface area contributed by atoms with E-state index in [-0.39, 0.29) is 18.6 Å². The van der Waals surface area contributed by atoms with E-state index >= 15 is 0 Å². The summed E-state index contributed by atoms with van der Waals surface area (Å²) in [5.41, 5.74) is 2.71. The Hall–Kier alpha value is -2.72. The van der Waals surface area contributed by atoms with Crippen molar-refractivity contribution in [2.24, 2.45) is 5.92 Å². The molecule has 132 valence electrons. The van der Waals surface area contributed by atoms with E-state index in [4.69, 9.17) is 19.6 Å². The average Bonchev–Trinajstić information content (AvgIpc) is 3.06. The molecular weight excluding hydrogens is 398 g/mol. The third-order valence-corrected chi connectivity index (χ3v) is 5.34. The van der Waals surface area contributed by atoms with E-state index in [1.807, 2.05) is 49.3 Å². The first-order chi connectivity index (χ1) is 12.5. The number of halogens is 1. The van der Waals surface area contributed by atoms with Gasteiger partial charge in [0.15, 0.2) is 11.5 Å². The van der Waals surface area contributed by atoms with Crippen LogP contribution in [0.2, 0.25) is 0 Å². The first-order valence-electron chi connectivity index (χ1n) is 8.06. The summed E-state index contributed by atoms with van der Waals surface area (Å²) in [7, 11) is 3.89. The van der Waals surface area contributed by atoms with Gasteiger partial charge in [0.1, 0.15) is 11.7 Å². The number of nitrogens with one attached hydrogen (secondary N) is 1. The molecule has 0 amide bonds. The molecule has 26 heavy (non-hydrogen) atoms. The fourth-order valence-corrected chi connectivity index (χ4v) is 3.88. The molecule has 0 aliphatic carbocycles. The molecule has 7 heteroatoms. The van der Waals surface area contributed by atoms with Crippen LogP contribution in [0, 0.1) is 22.7 Å². The summed E-state index contributed by atoms with van der Waals surface area (Å²) in [6.45, 7) is 0.180. The van der Waals surface area contributed by atoms with E-state index in [1.165, 1.54) is 0 Å². The molecule has 2 aliphatic heterocycles. The zero-order valence-electron chi connectivity index (χ0n) is 14.2. The molecule has 0 spiro atoms. The third-order valence-electron chi connectivity index (χ3n) is 4.65. The van der Waals surface area contributed by atoms with Crippen LogP contribution < -0.4 is 19.1 Å². The monoisotopic (exact) mass is 413 g/mol. The number of nitrogens with zero attached hydrogens (tertiary/aromatic N) is 2. The first-order valence-corrected chi connectivity index (χ1v) is 8.85. The molecule has 2 aromatic rings. The lowest BCUT2D eigenvalue weighted by Crippen LogP contribution is -2.31. The van der Waals surface area contributed by atoms with E-state index < -0.39 is 5.92 Å². The van der Waals surface area contributed by atoms with Crippen LogP contribution in [0.15, 0.2) is 34.8 Å². The Kier molecular flexibility index (Phi) is 4.00.